The summed E-state index contributed by atoms with van der Waals surface area (Å²) in [5, 5.41) is 0.523. The number of anilines is 1. The van der Waals surface area contributed by atoms with Crippen LogP contribution in [0.3, 0.4) is 0 Å². The number of aromatic amines is 1. The van der Waals surface area contributed by atoms with Crippen molar-refractivity contribution in [2.45, 2.75) is 6.42 Å². The molecule has 0 bridgehead atoms. The maximum absolute atomic E-state index is 6.37. The molecule has 0 saturated heterocycles. The number of nitrogens with zero attached hydrogens (tertiary/aromatic N) is 3. The third kappa shape index (κ3) is 3.32. The van der Waals surface area contributed by atoms with E-state index in [2.05, 4.69) is 32.1 Å². The van der Waals surface area contributed by atoms with Crippen LogP contribution in [0, 0.1) is 0 Å². The summed E-state index contributed by atoms with van der Waals surface area (Å²) in [4.78, 5) is 15.6. The predicted molar refractivity (Wildman–Crippen MR) is 102 cm³/mol. The van der Waals surface area contributed by atoms with E-state index in [1.165, 1.54) is 11.9 Å². The first-order valence-corrected chi connectivity index (χ1v) is 8.51. The standard InChI is InChI=1S/C19H16ClN5O/c20-14-10-13(18-24-16-17(21)22-11-23-19(16)25-18)6-7-15(14)26-9-8-12-4-2-1-3-5-12/h1-7,10-11H,8-9H2,(H3,21,22,23,24,25). The molecule has 2 heterocycles. The maximum Gasteiger partial charge on any atom is 0.183 e. The topological polar surface area (TPSA) is 89.7 Å². The average molecular weight is 366 g/mol. The minimum atomic E-state index is 0.362. The van der Waals surface area contributed by atoms with Crippen molar-refractivity contribution in [3.63, 3.8) is 0 Å². The lowest BCUT2D eigenvalue weighted by molar-refractivity contribution is 0.322. The summed E-state index contributed by atoms with van der Waals surface area (Å²) in [6.07, 6.45) is 2.21. The molecule has 3 N–H and O–H groups in total. The number of imidazole rings is 1. The van der Waals surface area contributed by atoms with E-state index >= 15 is 0 Å². The van der Waals surface area contributed by atoms with E-state index in [4.69, 9.17) is 22.1 Å². The number of nitrogens with two attached hydrogens (primary N) is 1. The van der Waals surface area contributed by atoms with Crippen molar-refractivity contribution in [2.75, 3.05) is 12.3 Å². The van der Waals surface area contributed by atoms with Crippen LogP contribution in [-0.2, 0) is 6.42 Å². The molecular weight excluding hydrogens is 350 g/mol. The van der Waals surface area contributed by atoms with E-state index in [1.54, 1.807) is 6.07 Å². The van der Waals surface area contributed by atoms with Crippen molar-refractivity contribution in [3.05, 3.63) is 65.4 Å². The molecule has 7 heteroatoms. The van der Waals surface area contributed by atoms with Crippen LogP contribution < -0.4 is 10.5 Å². The number of rotatable bonds is 5. The molecule has 0 radical (unpaired) electrons. The third-order valence-corrected chi connectivity index (χ3v) is 4.31. The second-order valence-corrected chi connectivity index (χ2v) is 6.18. The highest BCUT2D eigenvalue weighted by atomic mass is 35.5. The number of halogens is 1. The van der Waals surface area contributed by atoms with Gasteiger partial charge in [-0.1, -0.05) is 41.9 Å². The second-order valence-electron chi connectivity index (χ2n) is 5.77. The van der Waals surface area contributed by atoms with Crippen LogP contribution in [0.15, 0.2) is 54.9 Å². The van der Waals surface area contributed by atoms with Crippen LogP contribution in [0.2, 0.25) is 5.02 Å². The molecule has 0 unspecified atom stereocenters. The number of aromatic nitrogens is 4. The molecule has 0 amide bonds. The number of hydrogen-bond donors (Lipinski definition) is 2. The van der Waals surface area contributed by atoms with Gasteiger partial charge in [-0.15, -0.1) is 0 Å². The van der Waals surface area contributed by atoms with Gasteiger partial charge in [-0.05, 0) is 23.8 Å². The van der Waals surface area contributed by atoms with E-state index in [1.807, 2.05) is 30.3 Å². The van der Waals surface area contributed by atoms with Crippen molar-refractivity contribution in [2.24, 2.45) is 0 Å². The highest BCUT2D eigenvalue weighted by Crippen LogP contribution is 2.30. The Kier molecular flexibility index (Phi) is 4.41. The molecule has 0 saturated carbocycles. The predicted octanol–water partition coefficient (Wildman–Crippen LogP) is 3.88. The molecule has 0 aliphatic rings. The van der Waals surface area contributed by atoms with Gasteiger partial charge in [0.05, 0.1) is 11.6 Å². The number of fused-ring (bicyclic) bond motifs is 1. The van der Waals surface area contributed by atoms with E-state index in [0.29, 0.717) is 40.2 Å². The molecule has 6 nitrogen and oxygen atoms in total. The number of ether oxygens (including phenoxy) is 1. The molecule has 4 aromatic rings. The quantitative estimate of drug-likeness (QED) is 0.560. The van der Waals surface area contributed by atoms with Gasteiger partial charge in [-0.3, -0.25) is 0 Å². The molecule has 0 aliphatic heterocycles. The van der Waals surface area contributed by atoms with Crippen LogP contribution in [0.1, 0.15) is 5.56 Å². The summed E-state index contributed by atoms with van der Waals surface area (Å²) in [5.41, 5.74) is 9.01. The number of nitrogen functional groups attached to an aromatic ring is 1. The van der Waals surface area contributed by atoms with Gasteiger partial charge in [0.25, 0.3) is 0 Å². The fourth-order valence-electron chi connectivity index (χ4n) is 2.67. The second kappa shape index (κ2) is 7.01. The van der Waals surface area contributed by atoms with Crippen LogP contribution >= 0.6 is 11.6 Å². The Morgan fingerprint density at radius 2 is 1.92 bits per heavy atom. The smallest absolute Gasteiger partial charge is 0.183 e. The first-order chi connectivity index (χ1) is 12.7. The van der Waals surface area contributed by atoms with Crippen molar-refractivity contribution < 1.29 is 4.74 Å². The largest absolute Gasteiger partial charge is 0.492 e. The average Bonchev–Trinajstić information content (AvgIpc) is 3.10. The zero-order chi connectivity index (χ0) is 17.9. The molecule has 2 aromatic heterocycles. The minimum Gasteiger partial charge on any atom is -0.492 e. The van der Waals surface area contributed by atoms with Crippen molar-refractivity contribution in [3.8, 4) is 17.1 Å². The fraction of sp³-hybridized carbons (Fsp3) is 0.105. The van der Waals surface area contributed by atoms with Gasteiger partial charge in [0, 0.05) is 12.0 Å². The first kappa shape index (κ1) is 16.4. The van der Waals surface area contributed by atoms with Gasteiger partial charge in [-0.25, -0.2) is 15.0 Å². The summed E-state index contributed by atoms with van der Waals surface area (Å²) >= 11 is 6.37. The lowest BCUT2D eigenvalue weighted by atomic mass is 10.2. The van der Waals surface area contributed by atoms with E-state index in [-0.39, 0.29) is 0 Å². The Morgan fingerprint density at radius 3 is 2.69 bits per heavy atom. The van der Waals surface area contributed by atoms with Crippen molar-refractivity contribution in [1.29, 1.82) is 0 Å². The molecule has 2 aromatic carbocycles. The highest BCUT2D eigenvalue weighted by Gasteiger charge is 2.11. The fourth-order valence-corrected chi connectivity index (χ4v) is 2.91. The molecule has 0 fully saturated rings. The summed E-state index contributed by atoms with van der Waals surface area (Å²) < 4.78 is 5.80. The Hall–Kier alpha value is -3.12. The Morgan fingerprint density at radius 1 is 1.08 bits per heavy atom. The molecule has 26 heavy (non-hydrogen) atoms. The molecule has 130 valence electrons. The number of hydrogen-bond acceptors (Lipinski definition) is 5. The van der Waals surface area contributed by atoms with E-state index in [9.17, 15) is 0 Å². The SMILES string of the molecule is Nc1ncnc2nc(-c3ccc(OCCc4ccccc4)c(Cl)c3)[nH]c12. The van der Waals surface area contributed by atoms with Crippen LogP contribution in [0.4, 0.5) is 5.82 Å². The third-order valence-electron chi connectivity index (χ3n) is 4.01. The van der Waals surface area contributed by atoms with Gasteiger partial charge >= 0.3 is 0 Å². The summed E-state index contributed by atoms with van der Waals surface area (Å²) in [5.74, 6) is 1.63. The van der Waals surface area contributed by atoms with Gasteiger partial charge in [0.15, 0.2) is 11.5 Å². The first-order valence-electron chi connectivity index (χ1n) is 8.13. The van der Waals surface area contributed by atoms with Crippen LogP contribution in [0.25, 0.3) is 22.6 Å². The van der Waals surface area contributed by atoms with Gasteiger partial charge in [0.2, 0.25) is 0 Å². The summed E-state index contributed by atoms with van der Waals surface area (Å²) in [6.45, 7) is 0.555. The van der Waals surface area contributed by atoms with Gasteiger partial charge in [-0.2, -0.15) is 0 Å². The summed E-state index contributed by atoms with van der Waals surface area (Å²) in [7, 11) is 0. The number of benzene rings is 2. The maximum atomic E-state index is 6.37. The zero-order valence-corrected chi connectivity index (χ0v) is 14.6. The van der Waals surface area contributed by atoms with Crippen LogP contribution in [0.5, 0.6) is 5.75 Å². The molecule has 4 rings (SSSR count). The Balaban J connectivity index is 1.50. The summed E-state index contributed by atoms with van der Waals surface area (Å²) in [6, 6.07) is 15.7. The minimum absolute atomic E-state index is 0.362. The highest BCUT2D eigenvalue weighted by molar-refractivity contribution is 6.32. The number of nitrogens with one attached hydrogen (secondary N) is 1. The Labute approximate surface area is 155 Å². The lowest BCUT2D eigenvalue weighted by Gasteiger charge is -2.09. The van der Waals surface area contributed by atoms with Crippen LogP contribution in [-0.4, -0.2) is 26.5 Å². The van der Waals surface area contributed by atoms with E-state index < -0.39 is 0 Å². The van der Waals surface area contributed by atoms with Gasteiger partial charge in [0.1, 0.15) is 23.4 Å². The molecule has 0 aliphatic carbocycles. The molecule has 0 atom stereocenters. The normalized spacial score (nSPS) is 11.0. The zero-order valence-electron chi connectivity index (χ0n) is 13.8. The molecule has 0 spiro atoms. The van der Waals surface area contributed by atoms with Gasteiger partial charge < -0.3 is 15.5 Å². The van der Waals surface area contributed by atoms with E-state index in [0.717, 1.165) is 12.0 Å². The Bertz CT molecular complexity index is 1050. The van der Waals surface area contributed by atoms with Crippen molar-refractivity contribution in [1.82, 2.24) is 19.9 Å². The number of H-pyrrole nitrogens is 1. The monoisotopic (exact) mass is 365 g/mol. The molecular formula is C19H16ClN5O. The van der Waals surface area contributed by atoms with Crippen molar-refractivity contribution >= 4 is 28.6 Å². The lowest BCUT2D eigenvalue weighted by Crippen LogP contribution is -2.01.